The fourth-order valence-electron chi connectivity index (χ4n) is 5.11. The van der Waals surface area contributed by atoms with Gasteiger partial charge < -0.3 is 0 Å². The third-order valence-electron chi connectivity index (χ3n) is 7.13. The molecule has 5 heteroatoms. The summed E-state index contributed by atoms with van der Waals surface area (Å²) in [5.74, 6) is -3.65. The first-order valence-corrected chi connectivity index (χ1v) is 11.9. The summed E-state index contributed by atoms with van der Waals surface area (Å²) in [6, 6.07) is 4.49. The van der Waals surface area contributed by atoms with E-state index in [4.69, 9.17) is 0 Å². The first-order chi connectivity index (χ1) is 15.3. The van der Waals surface area contributed by atoms with Crippen molar-refractivity contribution < 1.29 is 22.0 Å². The molecule has 32 heavy (non-hydrogen) atoms. The molecule has 1 aliphatic carbocycles. The second-order valence-corrected chi connectivity index (χ2v) is 9.52. The van der Waals surface area contributed by atoms with Crippen LogP contribution in [0.15, 0.2) is 24.3 Å². The number of rotatable bonds is 9. The van der Waals surface area contributed by atoms with Gasteiger partial charge in [0.2, 0.25) is 0 Å². The van der Waals surface area contributed by atoms with Crippen LogP contribution in [0, 0.1) is 46.8 Å². The molecule has 0 aliphatic heterocycles. The quantitative estimate of drug-likeness (QED) is 0.265. The van der Waals surface area contributed by atoms with Gasteiger partial charge in [-0.25, -0.2) is 22.0 Å². The van der Waals surface area contributed by atoms with E-state index < -0.39 is 29.1 Å². The summed E-state index contributed by atoms with van der Waals surface area (Å²) in [5, 5.41) is 0. The summed E-state index contributed by atoms with van der Waals surface area (Å²) in [4.78, 5) is 0. The van der Waals surface area contributed by atoms with Crippen molar-refractivity contribution >= 4 is 0 Å². The minimum absolute atomic E-state index is 0.0129. The van der Waals surface area contributed by atoms with Crippen molar-refractivity contribution in [1.29, 1.82) is 0 Å². The van der Waals surface area contributed by atoms with Crippen LogP contribution in [0.1, 0.15) is 75.5 Å². The van der Waals surface area contributed by atoms with Crippen LogP contribution in [-0.2, 0) is 19.3 Å². The lowest BCUT2D eigenvalue weighted by Crippen LogP contribution is -2.21. The molecule has 3 rings (SSSR count). The molecular weight excluding hydrogens is 419 g/mol. The van der Waals surface area contributed by atoms with Crippen molar-refractivity contribution in [3.05, 3.63) is 70.0 Å². The van der Waals surface area contributed by atoms with Crippen molar-refractivity contribution in [1.82, 2.24) is 0 Å². The first kappa shape index (κ1) is 24.7. The second kappa shape index (κ2) is 11.3. The molecule has 1 atom stereocenters. The van der Waals surface area contributed by atoms with Crippen LogP contribution in [0.3, 0.4) is 0 Å². The topological polar surface area (TPSA) is 0 Å². The van der Waals surface area contributed by atoms with Gasteiger partial charge in [-0.2, -0.15) is 0 Å². The molecule has 1 saturated carbocycles. The van der Waals surface area contributed by atoms with E-state index in [0.29, 0.717) is 23.8 Å². The zero-order valence-electron chi connectivity index (χ0n) is 19.0. The van der Waals surface area contributed by atoms with Crippen molar-refractivity contribution in [3.8, 4) is 0 Å². The Kier molecular flexibility index (Phi) is 8.72. The molecule has 0 N–H and O–H groups in total. The Morgan fingerprint density at radius 2 is 1.34 bits per heavy atom. The molecule has 176 valence electrons. The lowest BCUT2D eigenvalue weighted by molar-refractivity contribution is 0.204. The number of benzene rings is 2. The van der Waals surface area contributed by atoms with Gasteiger partial charge in [-0.05, 0) is 85.3 Å². The van der Waals surface area contributed by atoms with E-state index in [1.54, 1.807) is 0 Å². The minimum atomic E-state index is -1.54. The molecule has 0 amide bonds. The van der Waals surface area contributed by atoms with E-state index in [2.05, 4.69) is 13.8 Å². The highest BCUT2D eigenvalue weighted by Gasteiger charge is 2.25. The smallest absolute Gasteiger partial charge is 0.194 e. The van der Waals surface area contributed by atoms with Crippen LogP contribution >= 0.6 is 0 Å². The fourth-order valence-corrected chi connectivity index (χ4v) is 5.11. The monoisotopic (exact) mass is 452 g/mol. The zero-order valence-corrected chi connectivity index (χ0v) is 19.0. The van der Waals surface area contributed by atoms with Gasteiger partial charge >= 0.3 is 0 Å². The minimum Gasteiger partial charge on any atom is -0.207 e. The van der Waals surface area contributed by atoms with E-state index >= 15 is 0 Å². The van der Waals surface area contributed by atoms with Gasteiger partial charge in [0.15, 0.2) is 17.5 Å². The largest absolute Gasteiger partial charge is 0.207 e. The van der Waals surface area contributed by atoms with Gasteiger partial charge in [0.05, 0.1) is 0 Å². The van der Waals surface area contributed by atoms with Crippen LogP contribution in [0.4, 0.5) is 22.0 Å². The Morgan fingerprint density at radius 3 is 1.91 bits per heavy atom. The normalized spacial score (nSPS) is 19.8. The first-order valence-electron chi connectivity index (χ1n) is 11.9. The standard InChI is InChI=1S/C27H33F5/c1-3-4-5-18-6-9-21(10-7-18)17(2)12-20-15-23(28)22(24(29)16-20)11-8-19-13-25(30)27(32)26(31)14-19/h13-18,21H,3-12H2,1-2H3. The highest BCUT2D eigenvalue weighted by molar-refractivity contribution is 5.28. The SMILES string of the molecule is CCCCC1CCC(C(C)Cc2cc(F)c(CCc3cc(F)c(F)c(F)c3)c(F)c2)CC1. The summed E-state index contributed by atoms with van der Waals surface area (Å²) >= 11 is 0. The third kappa shape index (κ3) is 6.32. The number of unbranched alkanes of at least 4 members (excludes halogenated alkanes) is 1. The molecule has 1 aliphatic rings. The second-order valence-electron chi connectivity index (χ2n) is 9.52. The summed E-state index contributed by atoms with van der Waals surface area (Å²) in [6.07, 6.45) is 9.30. The Morgan fingerprint density at radius 1 is 0.781 bits per heavy atom. The average Bonchev–Trinajstić information content (AvgIpc) is 2.75. The van der Waals surface area contributed by atoms with E-state index in [9.17, 15) is 22.0 Å². The Bertz CT molecular complexity index is 853. The highest BCUT2D eigenvalue weighted by atomic mass is 19.2. The molecule has 0 saturated heterocycles. The predicted octanol–water partition coefficient (Wildman–Crippen LogP) is 8.34. The molecule has 0 heterocycles. The molecule has 0 aromatic heterocycles. The highest BCUT2D eigenvalue weighted by Crippen LogP contribution is 2.37. The lowest BCUT2D eigenvalue weighted by atomic mass is 9.73. The average molecular weight is 453 g/mol. The molecule has 0 spiro atoms. The predicted molar refractivity (Wildman–Crippen MR) is 118 cm³/mol. The summed E-state index contributed by atoms with van der Waals surface area (Å²) in [6.45, 7) is 4.39. The van der Waals surface area contributed by atoms with Crippen molar-refractivity contribution in [2.75, 3.05) is 0 Å². The zero-order chi connectivity index (χ0) is 23.3. The molecule has 2 aromatic carbocycles. The van der Waals surface area contributed by atoms with Crippen LogP contribution in [-0.4, -0.2) is 0 Å². The van der Waals surface area contributed by atoms with E-state index in [0.717, 1.165) is 18.1 Å². The lowest BCUT2D eigenvalue weighted by Gasteiger charge is -2.32. The molecule has 2 aromatic rings. The molecule has 0 bridgehead atoms. The van der Waals surface area contributed by atoms with Gasteiger partial charge in [-0.1, -0.05) is 46.0 Å². The Labute approximate surface area is 188 Å². The van der Waals surface area contributed by atoms with Crippen molar-refractivity contribution in [2.24, 2.45) is 17.8 Å². The van der Waals surface area contributed by atoms with E-state index in [-0.39, 0.29) is 24.0 Å². The van der Waals surface area contributed by atoms with Gasteiger partial charge in [-0.15, -0.1) is 0 Å². The maximum atomic E-state index is 14.7. The molecule has 0 nitrogen and oxygen atoms in total. The van der Waals surface area contributed by atoms with E-state index in [1.807, 2.05) is 0 Å². The summed E-state index contributed by atoms with van der Waals surface area (Å²) in [5.41, 5.74) is 0.693. The van der Waals surface area contributed by atoms with Crippen LogP contribution in [0.2, 0.25) is 0 Å². The van der Waals surface area contributed by atoms with Gasteiger partial charge in [0.1, 0.15) is 11.6 Å². The molecule has 1 fully saturated rings. The molecular formula is C27H33F5. The number of hydrogen-bond acceptors (Lipinski definition) is 0. The van der Waals surface area contributed by atoms with Crippen molar-refractivity contribution in [3.63, 3.8) is 0 Å². The number of hydrogen-bond donors (Lipinski definition) is 0. The van der Waals surface area contributed by atoms with Crippen LogP contribution < -0.4 is 0 Å². The van der Waals surface area contributed by atoms with Gasteiger partial charge in [-0.3, -0.25) is 0 Å². The molecule has 0 radical (unpaired) electrons. The fraction of sp³-hybridized carbons (Fsp3) is 0.556. The number of halogens is 5. The van der Waals surface area contributed by atoms with Gasteiger partial charge in [0.25, 0.3) is 0 Å². The van der Waals surface area contributed by atoms with Crippen LogP contribution in [0.5, 0.6) is 0 Å². The van der Waals surface area contributed by atoms with Gasteiger partial charge in [0, 0.05) is 5.56 Å². The van der Waals surface area contributed by atoms with Crippen molar-refractivity contribution in [2.45, 2.75) is 78.1 Å². The summed E-state index contributed by atoms with van der Waals surface area (Å²) in [7, 11) is 0. The number of aryl methyl sites for hydroxylation is 1. The Hall–Kier alpha value is -1.91. The Balaban J connectivity index is 1.58. The van der Waals surface area contributed by atoms with Crippen LogP contribution in [0.25, 0.3) is 0 Å². The third-order valence-corrected chi connectivity index (χ3v) is 7.13. The summed E-state index contributed by atoms with van der Waals surface area (Å²) < 4.78 is 69.1. The maximum Gasteiger partial charge on any atom is 0.194 e. The van der Waals surface area contributed by atoms with E-state index in [1.165, 1.54) is 57.1 Å². The maximum absolute atomic E-state index is 14.7. The molecule has 1 unspecified atom stereocenters.